The zero-order valence-electron chi connectivity index (χ0n) is 14.7. The first-order valence-corrected chi connectivity index (χ1v) is 9.27. The second kappa shape index (κ2) is 7.38. The van der Waals surface area contributed by atoms with Crippen LogP contribution in [0.3, 0.4) is 0 Å². The van der Waals surface area contributed by atoms with Gasteiger partial charge in [0, 0.05) is 25.2 Å². The van der Waals surface area contributed by atoms with Crippen LogP contribution in [-0.4, -0.2) is 73.3 Å². The predicted molar refractivity (Wildman–Crippen MR) is 97.8 cm³/mol. The van der Waals surface area contributed by atoms with E-state index in [9.17, 15) is 4.79 Å². The van der Waals surface area contributed by atoms with E-state index in [-0.39, 0.29) is 23.0 Å². The Kier molecular flexibility index (Phi) is 4.97. The van der Waals surface area contributed by atoms with Crippen molar-refractivity contribution in [3.8, 4) is 0 Å². The van der Waals surface area contributed by atoms with Gasteiger partial charge >= 0.3 is 0 Å². The molecule has 4 heterocycles. The summed E-state index contributed by atoms with van der Waals surface area (Å²) in [6, 6.07) is 1.80. The highest BCUT2D eigenvalue weighted by atomic mass is 35.5. The molecule has 0 aliphatic carbocycles. The van der Waals surface area contributed by atoms with E-state index < -0.39 is 0 Å². The lowest BCUT2D eigenvalue weighted by Gasteiger charge is -2.29. The number of carbonyl (C=O) groups excluding carboxylic acids is 1. The second-order valence-electron chi connectivity index (χ2n) is 6.79. The van der Waals surface area contributed by atoms with Crippen molar-refractivity contribution in [1.82, 2.24) is 20.2 Å². The number of nitrogens with zero attached hydrogens (tertiary/aromatic N) is 4. The van der Waals surface area contributed by atoms with Crippen molar-refractivity contribution in [2.45, 2.75) is 18.9 Å². The normalized spacial score (nSPS) is 19.8. The summed E-state index contributed by atoms with van der Waals surface area (Å²) in [4.78, 5) is 25.4. The van der Waals surface area contributed by atoms with Gasteiger partial charge in [0.25, 0.3) is 5.91 Å². The molecule has 9 heteroatoms. The summed E-state index contributed by atoms with van der Waals surface area (Å²) in [5.74, 6) is 0.633. The summed E-state index contributed by atoms with van der Waals surface area (Å²) in [6.45, 7) is 4.59. The van der Waals surface area contributed by atoms with E-state index in [0.29, 0.717) is 43.2 Å². The summed E-state index contributed by atoms with van der Waals surface area (Å²) < 4.78 is 11.2. The molecule has 1 amide bonds. The van der Waals surface area contributed by atoms with Gasteiger partial charge in [-0.3, -0.25) is 4.79 Å². The number of anilines is 1. The minimum absolute atomic E-state index is 0.141. The fourth-order valence-electron chi connectivity index (χ4n) is 3.40. The van der Waals surface area contributed by atoms with Crippen LogP contribution in [0.15, 0.2) is 10.5 Å². The van der Waals surface area contributed by atoms with Crippen molar-refractivity contribution < 1.29 is 13.9 Å². The number of likely N-dealkylation sites (tertiary alicyclic amines) is 1. The van der Waals surface area contributed by atoms with Crippen LogP contribution >= 0.6 is 11.6 Å². The summed E-state index contributed by atoms with van der Waals surface area (Å²) in [5.41, 5.74) is 1.03. The number of ether oxygens (including phenoxy) is 1. The van der Waals surface area contributed by atoms with E-state index in [0.717, 1.165) is 25.9 Å². The molecule has 2 aromatic rings. The molecule has 0 radical (unpaired) electrons. The monoisotopic (exact) mass is 379 g/mol. The largest absolute Gasteiger partial charge is 0.445 e. The number of carbonyl (C=O) groups is 1. The maximum atomic E-state index is 12.6. The first kappa shape index (κ1) is 17.5. The van der Waals surface area contributed by atoms with E-state index >= 15 is 0 Å². The van der Waals surface area contributed by atoms with Crippen LogP contribution in [0.2, 0.25) is 5.28 Å². The molecule has 26 heavy (non-hydrogen) atoms. The Morgan fingerprint density at radius 3 is 2.69 bits per heavy atom. The van der Waals surface area contributed by atoms with Gasteiger partial charge in [0.05, 0.1) is 13.2 Å². The average Bonchev–Trinajstić information content (AvgIpc) is 3.07. The molecule has 140 valence electrons. The molecule has 2 fully saturated rings. The summed E-state index contributed by atoms with van der Waals surface area (Å²) >= 11 is 6.07. The van der Waals surface area contributed by atoms with E-state index in [4.69, 9.17) is 20.8 Å². The standard InChI is InChI=1S/C17H22ClN5O3/c1-22-4-2-11(3-5-22)19-16(24)13-10-12-14(26-13)15(21-17(18)20-12)23-6-8-25-9-7-23/h10-11H,2-9H2,1H3,(H,19,24). The van der Waals surface area contributed by atoms with E-state index in [2.05, 4.69) is 27.2 Å². The SMILES string of the molecule is CN1CCC(NC(=O)c2cc3nc(Cl)nc(N4CCOCC4)c3o2)CC1. The van der Waals surface area contributed by atoms with Crippen LogP contribution in [0.5, 0.6) is 0 Å². The van der Waals surface area contributed by atoms with E-state index in [1.807, 2.05) is 4.90 Å². The number of rotatable bonds is 3. The lowest BCUT2D eigenvalue weighted by Crippen LogP contribution is -2.43. The number of nitrogens with one attached hydrogen (secondary N) is 1. The van der Waals surface area contributed by atoms with Crippen LogP contribution in [-0.2, 0) is 4.74 Å². The van der Waals surface area contributed by atoms with Crippen molar-refractivity contribution >= 4 is 34.4 Å². The van der Waals surface area contributed by atoms with Gasteiger partial charge in [-0.1, -0.05) is 0 Å². The number of amides is 1. The van der Waals surface area contributed by atoms with E-state index in [1.165, 1.54) is 0 Å². The number of fused-ring (bicyclic) bond motifs is 1. The Bertz CT molecular complexity index is 797. The Balaban J connectivity index is 1.57. The number of furan rings is 1. The molecular weight excluding hydrogens is 358 g/mol. The average molecular weight is 380 g/mol. The fraction of sp³-hybridized carbons (Fsp3) is 0.588. The summed E-state index contributed by atoms with van der Waals surface area (Å²) in [5, 5.41) is 3.20. The van der Waals surface area contributed by atoms with Crippen molar-refractivity contribution in [3.05, 3.63) is 17.1 Å². The van der Waals surface area contributed by atoms with Gasteiger partial charge in [-0.25, -0.2) is 4.98 Å². The lowest BCUT2D eigenvalue weighted by molar-refractivity contribution is 0.0891. The molecule has 2 aliphatic rings. The Morgan fingerprint density at radius 2 is 1.96 bits per heavy atom. The minimum atomic E-state index is -0.221. The molecule has 0 saturated carbocycles. The molecule has 0 bridgehead atoms. The van der Waals surface area contributed by atoms with Crippen LogP contribution in [0.1, 0.15) is 23.4 Å². The van der Waals surface area contributed by atoms with Gasteiger partial charge in [-0.15, -0.1) is 0 Å². The Morgan fingerprint density at radius 1 is 1.23 bits per heavy atom. The molecule has 0 spiro atoms. The smallest absolute Gasteiger partial charge is 0.287 e. The van der Waals surface area contributed by atoms with Gasteiger partial charge in [-0.2, -0.15) is 4.98 Å². The van der Waals surface area contributed by atoms with Crippen molar-refractivity contribution in [2.24, 2.45) is 0 Å². The van der Waals surface area contributed by atoms with Gasteiger partial charge in [-0.05, 0) is 44.6 Å². The zero-order valence-corrected chi connectivity index (χ0v) is 15.5. The molecule has 0 unspecified atom stereocenters. The number of morpholine rings is 1. The molecule has 0 aromatic carbocycles. The van der Waals surface area contributed by atoms with Crippen molar-refractivity contribution in [3.63, 3.8) is 0 Å². The van der Waals surface area contributed by atoms with Crippen LogP contribution < -0.4 is 10.2 Å². The van der Waals surface area contributed by atoms with Crippen LogP contribution in [0, 0.1) is 0 Å². The Hall–Kier alpha value is -1.90. The van der Waals surface area contributed by atoms with Gasteiger partial charge in [0.2, 0.25) is 5.28 Å². The van der Waals surface area contributed by atoms with Gasteiger partial charge in [0.1, 0.15) is 5.52 Å². The second-order valence-corrected chi connectivity index (χ2v) is 7.13. The quantitative estimate of drug-likeness (QED) is 0.810. The maximum Gasteiger partial charge on any atom is 0.287 e. The van der Waals surface area contributed by atoms with Gasteiger partial charge < -0.3 is 24.3 Å². The zero-order chi connectivity index (χ0) is 18.1. The highest BCUT2D eigenvalue weighted by molar-refractivity contribution is 6.28. The highest BCUT2D eigenvalue weighted by Gasteiger charge is 2.24. The third kappa shape index (κ3) is 3.62. The topological polar surface area (TPSA) is 83.7 Å². The summed E-state index contributed by atoms with van der Waals surface area (Å²) in [6.07, 6.45) is 1.88. The molecule has 0 atom stereocenters. The number of hydrogen-bond acceptors (Lipinski definition) is 7. The first-order valence-electron chi connectivity index (χ1n) is 8.89. The van der Waals surface area contributed by atoms with Crippen molar-refractivity contribution in [1.29, 1.82) is 0 Å². The number of piperidine rings is 1. The molecule has 8 nitrogen and oxygen atoms in total. The third-order valence-electron chi connectivity index (χ3n) is 4.91. The van der Waals surface area contributed by atoms with E-state index in [1.54, 1.807) is 6.07 Å². The molecule has 4 rings (SSSR count). The maximum absolute atomic E-state index is 12.6. The molecule has 1 N–H and O–H groups in total. The molecular formula is C17H22ClN5O3. The molecule has 2 aliphatic heterocycles. The van der Waals surface area contributed by atoms with Crippen molar-refractivity contribution in [2.75, 3.05) is 51.3 Å². The fourth-order valence-corrected chi connectivity index (χ4v) is 3.57. The molecule has 2 aromatic heterocycles. The third-order valence-corrected chi connectivity index (χ3v) is 5.08. The number of aromatic nitrogens is 2. The number of halogens is 1. The predicted octanol–water partition coefficient (Wildman–Crippen LogP) is 1.54. The van der Waals surface area contributed by atoms with Crippen LogP contribution in [0.4, 0.5) is 5.82 Å². The van der Waals surface area contributed by atoms with Gasteiger partial charge in [0.15, 0.2) is 17.2 Å². The first-order chi connectivity index (χ1) is 12.6. The number of hydrogen-bond donors (Lipinski definition) is 1. The highest BCUT2D eigenvalue weighted by Crippen LogP contribution is 2.29. The minimum Gasteiger partial charge on any atom is -0.445 e. The Labute approximate surface area is 156 Å². The van der Waals surface area contributed by atoms with Crippen LogP contribution in [0.25, 0.3) is 11.1 Å². The molecule has 2 saturated heterocycles. The summed E-state index contributed by atoms with van der Waals surface area (Å²) in [7, 11) is 2.09. The lowest BCUT2D eigenvalue weighted by atomic mass is 10.1.